The Morgan fingerprint density at radius 2 is 2.11 bits per heavy atom. The van der Waals surface area contributed by atoms with E-state index >= 15 is 0 Å². The Bertz CT molecular complexity index is 101. The van der Waals surface area contributed by atoms with Crippen molar-refractivity contribution in [2.24, 2.45) is 11.7 Å². The van der Waals surface area contributed by atoms with Crippen LogP contribution in [0.1, 0.15) is 20.3 Å². The molecule has 0 saturated heterocycles. The highest BCUT2D eigenvalue weighted by Crippen LogP contribution is 2.04. The molecule has 3 N–H and O–H groups in total. The molecule has 0 fully saturated rings. The molecule has 0 saturated carbocycles. The first-order chi connectivity index (χ1) is 4.04. The zero-order valence-electron chi connectivity index (χ0n) is 5.79. The summed E-state index contributed by atoms with van der Waals surface area (Å²) in [5.41, 5.74) is 5.42. The number of carboxylic acid groups (broad SMARTS) is 1. The quantitative estimate of drug-likeness (QED) is 0.584. The van der Waals surface area contributed by atoms with Gasteiger partial charge in [0.1, 0.15) is 0 Å². The van der Waals surface area contributed by atoms with Gasteiger partial charge in [0.2, 0.25) is 0 Å². The van der Waals surface area contributed by atoms with Gasteiger partial charge in [-0.1, -0.05) is 6.92 Å². The van der Waals surface area contributed by atoms with Crippen LogP contribution < -0.4 is 5.73 Å². The van der Waals surface area contributed by atoms with Crippen LogP contribution in [0.5, 0.6) is 0 Å². The third-order valence-electron chi connectivity index (χ3n) is 1.39. The predicted molar refractivity (Wildman–Crippen MR) is 35.1 cm³/mol. The molecule has 9 heavy (non-hydrogen) atoms. The second kappa shape index (κ2) is 3.45. The van der Waals surface area contributed by atoms with E-state index in [-0.39, 0.29) is 18.4 Å². The Balaban J connectivity index is 3.50. The van der Waals surface area contributed by atoms with Crippen LogP contribution in [0.2, 0.25) is 0 Å². The van der Waals surface area contributed by atoms with Gasteiger partial charge >= 0.3 is 5.97 Å². The van der Waals surface area contributed by atoms with Gasteiger partial charge in [0.15, 0.2) is 0 Å². The molecule has 0 bridgehead atoms. The maximum atomic E-state index is 10.1. The number of hydrogen-bond donors (Lipinski definition) is 2. The minimum absolute atomic E-state index is 0.0268. The summed E-state index contributed by atoms with van der Waals surface area (Å²) in [5, 5.41) is 8.28. The summed E-state index contributed by atoms with van der Waals surface area (Å²) < 4.78 is 0. The maximum absolute atomic E-state index is 10.1. The van der Waals surface area contributed by atoms with E-state index < -0.39 is 5.97 Å². The Kier molecular flexibility index (Phi) is 3.24. The fourth-order valence-electron chi connectivity index (χ4n) is 0.461. The van der Waals surface area contributed by atoms with Crippen molar-refractivity contribution in [1.29, 1.82) is 0 Å². The van der Waals surface area contributed by atoms with Crippen molar-refractivity contribution in [3.8, 4) is 0 Å². The average molecular weight is 131 g/mol. The van der Waals surface area contributed by atoms with Gasteiger partial charge in [-0.25, -0.2) is 0 Å². The largest absolute Gasteiger partial charge is 0.481 e. The second-order valence-corrected chi connectivity index (χ2v) is 2.43. The maximum Gasteiger partial charge on any atom is 0.303 e. The smallest absolute Gasteiger partial charge is 0.303 e. The minimum Gasteiger partial charge on any atom is -0.481 e. The molecular weight excluding hydrogens is 118 g/mol. The summed E-state index contributed by atoms with van der Waals surface area (Å²) >= 11 is 0. The van der Waals surface area contributed by atoms with Gasteiger partial charge < -0.3 is 10.8 Å². The molecule has 0 spiro atoms. The molecule has 0 rings (SSSR count). The lowest BCUT2D eigenvalue weighted by Gasteiger charge is -2.11. The van der Waals surface area contributed by atoms with E-state index in [1.165, 1.54) is 0 Å². The van der Waals surface area contributed by atoms with Crippen molar-refractivity contribution >= 4 is 5.97 Å². The number of aliphatic carboxylic acids is 1. The van der Waals surface area contributed by atoms with E-state index in [4.69, 9.17) is 10.8 Å². The lowest BCUT2D eigenvalue weighted by Crippen LogP contribution is -2.26. The molecule has 0 aliphatic heterocycles. The van der Waals surface area contributed by atoms with Crippen molar-refractivity contribution in [2.45, 2.75) is 26.3 Å². The van der Waals surface area contributed by atoms with Crippen LogP contribution in [0, 0.1) is 5.92 Å². The zero-order chi connectivity index (χ0) is 7.44. The van der Waals surface area contributed by atoms with E-state index in [1.807, 2.05) is 13.8 Å². The highest BCUT2D eigenvalue weighted by molar-refractivity contribution is 5.67. The average Bonchev–Trinajstić information content (AvgIpc) is 1.63. The molecule has 2 atom stereocenters. The van der Waals surface area contributed by atoms with E-state index in [9.17, 15) is 4.79 Å². The van der Waals surface area contributed by atoms with Crippen LogP contribution in [0.25, 0.3) is 0 Å². The standard InChI is InChI=1S/C6H13NO2/c1-4(5(2)7)3-6(8)9/h4-5H,3,7H2,1-2H3,(H,8,9)/t4-,5?/m0/s1. The molecule has 0 aromatic rings. The van der Waals surface area contributed by atoms with Gasteiger partial charge in [0.05, 0.1) is 0 Å². The van der Waals surface area contributed by atoms with Crippen LogP contribution in [-0.4, -0.2) is 17.1 Å². The Labute approximate surface area is 54.9 Å². The van der Waals surface area contributed by atoms with Gasteiger partial charge in [-0.3, -0.25) is 4.79 Å². The molecule has 0 radical (unpaired) electrons. The van der Waals surface area contributed by atoms with E-state index in [0.717, 1.165) is 0 Å². The highest BCUT2D eigenvalue weighted by atomic mass is 16.4. The van der Waals surface area contributed by atoms with Crippen LogP contribution >= 0.6 is 0 Å². The van der Waals surface area contributed by atoms with Crippen LogP contribution in [0.4, 0.5) is 0 Å². The monoisotopic (exact) mass is 131 g/mol. The summed E-state index contributed by atoms with van der Waals surface area (Å²) in [6.45, 7) is 3.65. The SMILES string of the molecule is CC(N)[C@@H](C)CC(=O)O. The number of nitrogens with two attached hydrogens (primary N) is 1. The first kappa shape index (κ1) is 8.43. The summed E-state index contributed by atoms with van der Waals surface area (Å²) in [6.07, 6.45) is 0.164. The van der Waals surface area contributed by atoms with Gasteiger partial charge in [-0.2, -0.15) is 0 Å². The molecule has 0 aliphatic carbocycles. The lowest BCUT2D eigenvalue weighted by molar-refractivity contribution is -0.138. The Hall–Kier alpha value is -0.570. The predicted octanol–water partition coefficient (Wildman–Crippen LogP) is 0.444. The molecule has 0 aliphatic rings. The molecule has 1 unspecified atom stereocenters. The third-order valence-corrected chi connectivity index (χ3v) is 1.39. The van der Waals surface area contributed by atoms with Gasteiger partial charge in [0.25, 0.3) is 0 Å². The van der Waals surface area contributed by atoms with Crippen molar-refractivity contribution in [3.63, 3.8) is 0 Å². The van der Waals surface area contributed by atoms with E-state index in [2.05, 4.69) is 0 Å². The van der Waals surface area contributed by atoms with Crippen LogP contribution in [0.15, 0.2) is 0 Å². The Morgan fingerprint density at radius 3 is 2.22 bits per heavy atom. The first-order valence-electron chi connectivity index (χ1n) is 3.01. The number of hydrogen-bond acceptors (Lipinski definition) is 2. The molecule has 0 aromatic heterocycles. The second-order valence-electron chi connectivity index (χ2n) is 2.43. The van der Waals surface area contributed by atoms with Gasteiger partial charge in [0, 0.05) is 12.5 Å². The van der Waals surface area contributed by atoms with Gasteiger partial charge in [-0.15, -0.1) is 0 Å². The normalized spacial score (nSPS) is 16.8. The first-order valence-corrected chi connectivity index (χ1v) is 3.01. The molecule has 3 heteroatoms. The topological polar surface area (TPSA) is 63.3 Å². The molecular formula is C6H13NO2. The van der Waals surface area contributed by atoms with Crippen molar-refractivity contribution in [3.05, 3.63) is 0 Å². The van der Waals surface area contributed by atoms with Crippen molar-refractivity contribution in [1.82, 2.24) is 0 Å². The minimum atomic E-state index is -0.778. The molecule has 54 valence electrons. The lowest BCUT2D eigenvalue weighted by atomic mass is 10.0. The molecule has 0 aromatic carbocycles. The fraction of sp³-hybridized carbons (Fsp3) is 0.833. The Morgan fingerprint density at radius 1 is 1.67 bits per heavy atom. The summed E-state index contributed by atoms with van der Waals surface area (Å²) in [7, 11) is 0. The number of rotatable bonds is 3. The molecule has 0 amide bonds. The molecule has 3 nitrogen and oxygen atoms in total. The van der Waals surface area contributed by atoms with Crippen molar-refractivity contribution < 1.29 is 9.90 Å². The summed E-state index contributed by atoms with van der Waals surface area (Å²) in [4.78, 5) is 10.1. The molecule has 0 heterocycles. The van der Waals surface area contributed by atoms with Crippen LogP contribution in [0.3, 0.4) is 0 Å². The zero-order valence-corrected chi connectivity index (χ0v) is 5.79. The van der Waals surface area contributed by atoms with Gasteiger partial charge in [-0.05, 0) is 12.8 Å². The van der Waals surface area contributed by atoms with E-state index in [1.54, 1.807) is 0 Å². The van der Waals surface area contributed by atoms with Crippen molar-refractivity contribution in [2.75, 3.05) is 0 Å². The third kappa shape index (κ3) is 3.97. The summed E-state index contributed by atoms with van der Waals surface area (Å²) in [5.74, 6) is -0.706. The summed E-state index contributed by atoms with van der Waals surface area (Å²) in [6, 6.07) is -0.0268. The van der Waals surface area contributed by atoms with Crippen LogP contribution in [-0.2, 0) is 4.79 Å². The van der Waals surface area contributed by atoms with E-state index in [0.29, 0.717) is 0 Å². The highest BCUT2D eigenvalue weighted by Gasteiger charge is 2.10. The number of carbonyl (C=O) groups is 1. The number of carboxylic acids is 1. The fourth-order valence-corrected chi connectivity index (χ4v) is 0.461.